The maximum atomic E-state index is 11.8. The van der Waals surface area contributed by atoms with Gasteiger partial charge in [-0.3, -0.25) is 4.79 Å². The summed E-state index contributed by atoms with van der Waals surface area (Å²) < 4.78 is 22.2. The highest BCUT2D eigenvalue weighted by molar-refractivity contribution is 7.89. The number of hydrogen-bond acceptors (Lipinski definition) is 5. The van der Waals surface area contributed by atoms with E-state index in [0.717, 1.165) is 0 Å². The predicted molar refractivity (Wildman–Crippen MR) is 85.3 cm³/mol. The molecule has 0 aliphatic carbocycles. The first-order valence-electron chi connectivity index (χ1n) is 6.39. The van der Waals surface area contributed by atoms with Gasteiger partial charge in [-0.2, -0.15) is 0 Å². The molecule has 0 fully saturated rings. The Balaban J connectivity index is 2.04. The molecule has 0 aliphatic heterocycles. The van der Waals surface area contributed by atoms with Gasteiger partial charge in [0, 0.05) is 11.8 Å². The van der Waals surface area contributed by atoms with Crippen molar-refractivity contribution in [1.82, 2.24) is 0 Å². The number of amides is 1. The summed E-state index contributed by atoms with van der Waals surface area (Å²) in [7, 11) is -3.77. The number of primary sulfonamides is 1. The smallest absolute Gasteiger partial charge is 0.248 e. The Morgan fingerprint density at radius 1 is 1.04 bits per heavy atom. The number of sulfonamides is 1. The Labute approximate surface area is 132 Å². The van der Waals surface area contributed by atoms with Gasteiger partial charge in [0.2, 0.25) is 15.9 Å². The highest BCUT2D eigenvalue weighted by Gasteiger charge is 2.07. The summed E-state index contributed by atoms with van der Waals surface area (Å²) in [6.45, 7) is 0. The zero-order valence-electron chi connectivity index (χ0n) is 11.8. The molecular weight excluding hydrogens is 320 g/mol. The minimum absolute atomic E-state index is 0.0504. The molecule has 2 rings (SSSR count). The van der Waals surface area contributed by atoms with Crippen molar-refractivity contribution < 1.29 is 23.4 Å². The lowest BCUT2D eigenvalue weighted by atomic mass is 10.2. The fourth-order valence-electron chi connectivity index (χ4n) is 1.73. The van der Waals surface area contributed by atoms with Crippen LogP contribution in [0.5, 0.6) is 11.5 Å². The Bertz CT molecular complexity index is 858. The zero-order valence-corrected chi connectivity index (χ0v) is 12.6. The fourth-order valence-corrected chi connectivity index (χ4v) is 2.24. The first kappa shape index (κ1) is 16.5. The second kappa shape index (κ2) is 6.51. The Hall–Kier alpha value is -2.84. The summed E-state index contributed by atoms with van der Waals surface area (Å²) in [6.07, 6.45) is 2.69. The van der Waals surface area contributed by atoms with Gasteiger partial charge in [0.05, 0.1) is 4.90 Å². The molecule has 5 N–H and O–H groups in total. The van der Waals surface area contributed by atoms with Crippen LogP contribution in [0.1, 0.15) is 5.56 Å². The number of benzene rings is 2. The molecule has 1 amide bonds. The van der Waals surface area contributed by atoms with Gasteiger partial charge >= 0.3 is 0 Å². The van der Waals surface area contributed by atoms with E-state index in [9.17, 15) is 23.4 Å². The minimum Gasteiger partial charge on any atom is -0.504 e. The van der Waals surface area contributed by atoms with E-state index in [0.29, 0.717) is 11.3 Å². The summed E-state index contributed by atoms with van der Waals surface area (Å²) in [5, 5.41) is 26.1. The Morgan fingerprint density at radius 2 is 1.70 bits per heavy atom. The maximum Gasteiger partial charge on any atom is 0.248 e. The number of nitrogens with one attached hydrogen (secondary N) is 1. The SMILES string of the molecule is NS(=O)(=O)c1ccc(NC(=O)C=Cc2ccc(O)c(O)c2)cc1. The number of aromatic hydroxyl groups is 2. The summed E-state index contributed by atoms with van der Waals surface area (Å²) >= 11 is 0. The molecule has 0 aromatic heterocycles. The van der Waals surface area contributed by atoms with Crippen LogP contribution < -0.4 is 10.5 Å². The van der Waals surface area contributed by atoms with Gasteiger partial charge in [0.25, 0.3) is 0 Å². The topological polar surface area (TPSA) is 130 Å². The van der Waals surface area contributed by atoms with Gasteiger partial charge in [0.1, 0.15) is 0 Å². The number of carbonyl (C=O) groups is 1. The van der Waals surface area contributed by atoms with Crippen molar-refractivity contribution in [2.24, 2.45) is 5.14 Å². The van der Waals surface area contributed by atoms with Crippen molar-refractivity contribution in [3.05, 3.63) is 54.1 Å². The fraction of sp³-hybridized carbons (Fsp3) is 0. The van der Waals surface area contributed by atoms with E-state index < -0.39 is 15.9 Å². The molecule has 0 bridgehead atoms. The highest BCUT2D eigenvalue weighted by Crippen LogP contribution is 2.25. The van der Waals surface area contributed by atoms with Gasteiger partial charge in [-0.25, -0.2) is 13.6 Å². The molecule has 120 valence electrons. The lowest BCUT2D eigenvalue weighted by Gasteiger charge is -2.03. The van der Waals surface area contributed by atoms with E-state index in [1.165, 1.54) is 54.6 Å². The predicted octanol–water partition coefficient (Wildman–Crippen LogP) is 1.40. The molecule has 0 atom stereocenters. The van der Waals surface area contributed by atoms with Crippen LogP contribution in [-0.4, -0.2) is 24.5 Å². The molecule has 0 saturated heterocycles. The van der Waals surface area contributed by atoms with Crippen LogP contribution in [0.3, 0.4) is 0 Å². The van der Waals surface area contributed by atoms with Crippen LogP contribution in [-0.2, 0) is 14.8 Å². The molecule has 0 unspecified atom stereocenters. The van der Waals surface area contributed by atoms with Crippen molar-refractivity contribution in [3.63, 3.8) is 0 Å². The van der Waals surface area contributed by atoms with Crippen molar-refractivity contribution in [2.75, 3.05) is 5.32 Å². The van der Waals surface area contributed by atoms with Crippen LogP contribution in [0.15, 0.2) is 53.4 Å². The Kier molecular flexibility index (Phi) is 4.68. The number of carbonyl (C=O) groups excluding carboxylic acids is 1. The van der Waals surface area contributed by atoms with Crippen LogP contribution >= 0.6 is 0 Å². The number of phenolic OH excluding ortho intramolecular Hbond substituents is 2. The lowest BCUT2D eigenvalue weighted by Crippen LogP contribution is -2.12. The average molecular weight is 334 g/mol. The molecule has 2 aromatic rings. The Morgan fingerprint density at radius 3 is 2.26 bits per heavy atom. The molecule has 23 heavy (non-hydrogen) atoms. The third-order valence-electron chi connectivity index (χ3n) is 2.88. The highest BCUT2D eigenvalue weighted by atomic mass is 32.2. The summed E-state index contributed by atoms with van der Waals surface area (Å²) in [4.78, 5) is 11.7. The molecule has 0 heterocycles. The molecule has 2 aromatic carbocycles. The van der Waals surface area contributed by atoms with Crippen LogP contribution in [0, 0.1) is 0 Å². The number of anilines is 1. The van der Waals surface area contributed by atoms with Crippen molar-refractivity contribution in [1.29, 1.82) is 0 Å². The van der Waals surface area contributed by atoms with Crippen molar-refractivity contribution in [2.45, 2.75) is 4.90 Å². The summed E-state index contributed by atoms with van der Waals surface area (Å²) in [6, 6.07) is 9.54. The third-order valence-corrected chi connectivity index (χ3v) is 3.81. The molecule has 0 spiro atoms. The average Bonchev–Trinajstić information content (AvgIpc) is 2.48. The number of hydrogen-bond donors (Lipinski definition) is 4. The second-order valence-corrected chi connectivity index (χ2v) is 6.20. The number of rotatable bonds is 4. The summed E-state index contributed by atoms with van der Waals surface area (Å²) in [5.41, 5.74) is 0.931. The third kappa shape index (κ3) is 4.56. The van der Waals surface area contributed by atoms with Crippen molar-refractivity contribution in [3.8, 4) is 11.5 Å². The first-order valence-corrected chi connectivity index (χ1v) is 7.94. The molecule has 0 aliphatic rings. The standard InChI is InChI=1S/C15H14N2O5S/c16-23(21,22)12-5-3-11(4-6-12)17-15(20)8-2-10-1-7-13(18)14(19)9-10/h1-9,18-19H,(H,17,20)(H2,16,21,22). The van der Waals surface area contributed by atoms with E-state index in [1.807, 2.05) is 0 Å². The first-order chi connectivity index (χ1) is 10.8. The number of nitrogens with two attached hydrogens (primary N) is 1. The normalized spacial score (nSPS) is 11.5. The van der Waals surface area contributed by atoms with Gasteiger partial charge in [-0.15, -0.1) is 0 Å². The van der Waals surface area contributed by atoms with Gasteiger partial charge in [-0.05, 0) is 48.0 Å². The lowest BCUT2D eigenvalue weighted by molar-refractivity contribution is -0.111. The minimum atomic E-state index is -3.77. The van der Waals surface area contributed by atoms with Gasteiger partial charge in [0.15, 0.2) is 11.5 Å². The van der Waals surface area contributed by atoms with E-state index in [2.05, 4.69) is 5.32 Å². The second-order valence-electron chi connectivity index (χ2n) is 4.64. The van der Waals surface area contributed by atoms with Crippen LogP contribution in [0.25, 0.3) is 6.08 Å². The van der Waals surface area contributed by atoms with E-state index in [1.54, 1.807) is 0 Å². The monoisotopic (exact) mass is 334 g/mol. The van der Waals surface area contributed by atoms with Gasteiger partial charge in [-0.1, -0.05) is 6.07 Å². The van der Waals surface area contributed by atoms with E-state index >= 15 is 0 Å². The summed E-state index contributed by atoms with van der Waals surface area (Å²) in [5.74, 6) is -0.978. The number of phenols is 2. The van der Waals surface area contributed by atoms with Crippen LogP contribution in [0.2, 0.25) is 0 Å². The molecule has 7 nitrogen and oxygen atoms in total. The van der Waals surface area contributed by atoms with Crippen molar-refractivity contribution >= 4 is 27.7 Å². The maximum absolute atomic E-state index is 11.8. The van der Waals surface area contributed by atoms with Crippen LogP contribution in [0.4, 0.5) is 5.69 Å². The quantitative estimate of drug-likeness (QED) is 0.496. The molecule has 0 radical (unpaired) electrons. The van der Waals surface area contributed by atoms with E-state index in [-0.39, 0.29) is 16.4 Å². The zero-order chi connectivity index (χ0) is 17.0. The van der Waals surface area contributed by atoms with Gasteiger partial charge < -0.3 is 15.5 Å². The molecular formula is C15H14N2O5S. The molecule has 8 heteroatoms. The largest absolute Gasteiger partial charge is 0.504 e. The van der Waals surface area contributed by atoms with E-state index in [4.69, 9.17) is 5.14 Å². The molecule has 0 saturated carbocycles.